The lowest BCUT2D eigenvalue weighted by molar-refractivity contribution is 0.631. The molecule has 0 bridgehead atoms. The van der Waals surface area contributed by atoms with E-state index in [2.05, 4.69) is 73.3 Å². The van der Waals surface area contributed by atoms with Gasteiger partial charge < -0.3 is 9.97 Å². The number of H-pyrrole nitrogens is 2. The van der Waals surface area contributed by atoms with Crippen LogP contribution in [-0.2, 0) is 0 Å². The van der Waals surface area contributed by atoms with Crippen molar-refractivity contribution in [3.8, 4) is 22.4 Å². The minimum absolute atomic E-state index is 0.249. The smallest absolute Gasteiger partial charge is 0.133 e. The van der Waals surface area contributed by atoms with Crippen LogP contribution < -0.4 is 0 Å². The van der Waals surface area contributed by atoms with E-state index in [1.165, 1.54) is 6.20 Å². The second kappa shape index (κ2) is 9.77. The fraction of sp³-hybridized carbons (Fsp3) is 0.258. The molecule has 0 saturated carbocycles. The zero-order valence-corrected chi connectivity index (χ0v) is 22.0. The van der Waals surface area contributed by atoms with Crippen LogP contribution in [0.15, 0.2) is 60.4 Å². The normalized spacial score (nSPS) is 12.8. The molecule has 0 aliphatic rings. The monoisotopic (exact) mass is 493 g/mol. The van der Waals surface area contributed by atoms with Crippen molar-refractivity contribution in [2.45, 2.75) is 52.9 Å². The number of aromatic amines is 2. The molecule has 2 heterocycles. The molecule has 0 aliphatic heterocycles. The summed E-state index contributed by atoms with van der Waals surface area (Å²) in [6.45, 7) is 14.3. The van der Waals surface area contributed by atoms with Crippen LogP contribution in [0.2, 0.25) is 0 Å². The maximum Gasteiger partial charge on any atom is 0.133 e. The van der Waals surface area contributed by atoms with Crippen molar-refractivity contribution in [1.29, 1.82) is 0 Å². The second-order valence-electron chi connectivity index (χ2n) is 9.95. The van der Waals surface area contributed by atoms with Gasteiger partial charge in [-0.15, -0.1) is 0 Å². The lowest BCUT2D eigenvalue weighted by atomic mass is 9.94. The van der Waals surface area contributed by atoms with Gasteiger partial charge in [0.1, 0.15) is 17.5 Å². The number of aliphatic imine (C=N–C) groups is 1. The molecule has 0 saturated heterocycles. The topological polar surface area (TPSA) is 69.7 Å². The standard InChI is InChI=1S/C31H32FN5/c1-7-18(5)31-36-28-19(6)25(15-33-8-2)24-13-20(9-11-22(24)29(28)37-31)21-10-12-23(26(32)14-21)27-16-34-30(35-27)17(3)4/h8-18H,2,7H2,1,3-6H3,(H,34,35)(H,36,37). The van der Waals surface area contributed by atoms with Gasteiger partial charge in [-0.2, -0.15) is 0 Å². The Morgan fingerprint density at radius 2 is 1.78 bits per heavy atom. The van der Waals surface area contributed by atoms with Crippen molar-refractivity contribution in [3.63, 3.8) is 0 Å². The highest BCUT2D eigenvalue weighted by Gasteiger charge is 2.18. The van der Waals surface area contributed by atoms with E-state index in [-0.39, 0.29) is 11.7 Å². The van der Waals surface area contributed by atoms with Crippen LogP contribution in [0.3, 0.4) is 0 Å². The number of nitrogens with zero attached hydrogens (tertiary/aromatic N) is 3. The number of nitrogens with one attached hydrogen (secondary N) is 2. The highest BCUT2D eigenvalue weighted by Crippen LogP contribution is 2.36. The number of halogens is 1. The lowest BCUT2D eigenvalue weighted by Crippen LogP contribution is -1.94. The van der Waals surface area contributed by atoms with Gasteiger partial charge in [-0.05, 0) is 53.6 Å². The lowest BCUT2D eigenvalue weighted by Gasteiger charge is -2.11. The highest BCUT2D eigenvalue weighted by molar-refractivity contribution is 6.14. The van der Waals surface area contributed by atoms with Gasteiger partial charge in [0.15, 0.2) is 0 Å². The van der Waals surface area contributed by atoms with Crippen LogP contribution in [0.1, 0.15) is 68.7 Å². The van der Waals surface area contributed by atoms with Gasteiger partial charge in [-0.1, -0.05) is 52.5 Å². The summed E-state index contributed by atoms with van der Waals surface area (Å²) >= 11 is 0. The van der Waals surface area contributed by atoms with Gasteiger partial charge in [-0.25, -0.2) is 14.4 Å². The van der Waals surface area contributed by atoms with Crippen LogP contribution in [0.5, 0.6) is 0 Å². The van der Waals surface area contributed by atoms with Gasteiger partial charge in [0, 0.05) is 40.8 Å². The third kappa shape index (κ3) is 4.37. The quantitative estimate of drug-likeness (QED) is 0.223. The van der Waals surface area contributed by atoms with E-state index in [1.807, 2.05) is 24.4 Å². The van der Waals surface area contributed by atoms with Crippen molar-refractivity contribution in [2.75, 3.05) is 0 Å². The molecule has 5 aromatic rings. The van der Waals surface area contributed by atoms with E-state index in [0.717, 1.165) is 62.1 Å². The maximum atomic E-state index is 15.3. The van der Waals surface area contributed by atoms with Gasteiger partial charge in [0.05, 0.1) is 22.9 Å². The van der Waals surface area contributed by atoms with E-state index in [9.17, 15) is 0 Å². The molecule has 1 atom stereocenters. The summed E-state index contributed by atoms with van der Waals surface area (Å²) in [5, 5.41) is 2.10. The van der Waals surface area contributed by atoms with Crippen molar-refractivity contribution in [3.05, 3.63) is 84.0 Å². The Kier molecular flexibility index (Phi) is 6.50. The van der Waals surface area contributed by atoms with Crippen LogP contribution in [0.25, 0.3) is 44.2 Å². The number of benzene rings is 3. The SMILES string of the molecule is C=CN=Cc1c(C)c2nc(C(C)CC)[nH]c2c2ccc(-c3ccc(-c4cnc(C(C)C)[nH]4)c(F)c3)cc12. The number of aromatic nitrogens is 4. The van der Waals surface area contributed by atoms with Crippen molar-refractivity contribution in [1.82, 2.24) is 19.9 Å². The predicted molar refractivity (Wildman–Crippen MR) is 152 cm³/mol. The Morgan fingerprint density at radius 1 is 1.03 bits per heavy atom. The van der Waals surface area contributed by atoms with Crippen LogP contribution in [0, 0.1) is 12.7 Å². The molecule has 1 unspecified atom stereocenters. The summed E-state index contributed by atoms with van der Waals surface area (Å²) in [5.74, 6) is 2.13. The largest absolute Gasteiger partial charge is 0.342 e. The molecule has 2 N–H and O–H groups in total. The van der Waals surface area contributed by atoms with Gasteiger partial charge >= 0.3 is 0 Å². The number of hydrogen-bond acceptors (Lipinski definition) is 3. The molecule has 0 radical (unpaired) electrons. The van der Waals surface area contributed by atoms with Crippen LogP contribution >= 0.6 is 0 Å². The summed E-state index contributed by atoms with van der Waals surface area (Å²) in [7, 11) is 0. The van der Waals surface area contributed by atoms with E-state index >= 15 is 4.39 Å². The second-order valence-corrected chi connectivity index (χ2v) is 9.95. The van der Waals surface area contributed by atoms with Gasteiger partial charge in [-0.3, -0.25) is 4.99 Å². The van der Waals surface area contributed by atoms with E-state index in [1.54, 1.807) is 12.3 Å². The van der Waals surface area contributed by atoms with Crippen molar-refractivity contribution < 1.29 is 4.39 Å². The molecule has 6 heteroatoms. The first-order valence-corrected chi connectivity index (χ1v) is 12.8. The van der Waals surface area contributed by atoms with E-state index in [0.29, 0.717) is 17.2 Å². The third-order valence-electron chi connectivity index (χ3n) is 7.18. The Hall–Kier alpha value is -4.06. The summed E-state index contributed by atoms with van der Waals surface area (Å²) in [6.07, 6.45) is 6.06. The molecule has 0 aliphatic carbocycles. The molecule has 37 heavy (non-hydrogen) atoms. The first kappa shape index (κ1) is 24.6. The predicted octanol–water partition coefficient (Wildman–Crippen LogP) is 8.42. The number of hydrogen-bond donors (Lipinski definition) is 2. The molecule has 5 rings (SSSR count). The number of imidazole rings is 2. The molecule has 2 aromatic heterocycles. The fourth-order valence-electron chi connectivity index (χ4n) is 4.75. The molecule has 3 aromatic carbocycles. The average Bonchev–Trinajstić information content (AvgIpc) is 3.56. The first-order valence-electron chi connectivity index (χ1n) is 12.8. The first-order chi connectivity index (χ1) is 17.8. The fourth-order valence-corrected chi connectivity index (χ4v) is 4.75. The summed E-state index contributed by atoms with van der Waals surface area (Å²) in [4.78, 5) is 20.5. The molecule has 0 fully saturated rings. The third-order valence-corrected chi connectivity index (χ3v) is 7.18. The average molecular weight is 494 g/mol. The Labute approximate surface area is 216 Å². The Bertz CT molecular complexity index is 1650. The molecule has 5 nitrogen and oxygen atoms in total. The molecular weight excluding hydrogens is 461 g/mol. The number of aryl methyl sites for hydroxylation is 1. The number of fused-ring (bicyclic) bond motifs is 3. The molecule has 0 spiro atoms. The highest BCUT2D eigenvalue weighted by atomic mass is 19.1. The molecule has 0 amide bonds. The zero-order valence-electron chi connectivity index (χ0n) is 22.0. The van der Waals surface area contributed by atoms with Crippen LogP contribution in [0.4, 0.5) is 4.39 Å². The molecule has 188 valence electrons. The Morgan fingerprint density at radius 3 is 2.46 bits per heavy atom. The van der Waals surface area contributed by atoms with Crippen molar-refractivity contribution in [2.24, 2.45) is 4.99 Å². The van der Waals surface area contributed by atoms with E-state index < -0.39 is 0 Å². The summed E-state index contributed by atoms with van der Waals surface area (Å²) in [5.41, 5.74) is 6.95. The number of rotatable bonds is 7. The minimum atomic E-state index is -0.289. The van der Waals surface area contributed by atoms with Gasteiger partial charge in [0.2, 0.25) is 0 Å². The van der Waals surface area contributed by atoms with E-state index in [4.69, 9.17) is 4.98 Å². The molecular formula is C31H32FN5. The van der Waals surface area contributed by atoms with Crippen LogP contribution in [-0.4, -0.2) is 26.2 Å². The van der Waals surface area contributed by atoms with Gasteiger partial charge in [0.25, 0.3) is 0 Å². The van der Waals surface area contributed by atoms with Crippen molar-refractivity contribution >= 4 is 28.0 Å². The summed E-state index contributed by atoms with van der Waals surface area (Å²) in [6, 6.07) is 11.6. The maximum absolute atomic E-state index is 15.3. The minimum Gasteiger partial charge on any atom is -0.342 e. The Balaban J connectivity index is 1.65. The zero-order chi connectivity index (χ0) is 26.3. The summed E-state index contributed by atoms with van der Waals surface area (Å²) < 4.78 is 15.3.